The normalized spacial score (nSPS) is 55.6. The molecule has 0 radical (unpaired) electrons. The van der Waals surface area contributed by atoms with Gasteiger partial charge in [-0.3, -0.25) is 0 Å². The summed E-state index contributed by atoms with van der Waals surface area (Å²) in [5.41, 5.74) is 0. The van der Waals surface area contributed by atoms with Crippen molar-refractivity contribution in [1.29, 1.82) is 0 Å². The van der Waals surface area contributed by atoms with Crippen molar-refractivity contribution in [2.24, 2.45) is 11.8 Å². The number of ether oxygens (including phenoxy) is 1. The maximum atomic E-state index is 9.83. The van der Waals surface area contributed by atoms with Crippen LogP contribution in [0.4, 0.5) is 0 Å². The Kier molecular flexibility index (Phi) is 2.78. The summed E-state index contributed by atoms with van der Waals surface area (Å²) in [7, 11) is 0. The molecule has 3 aliphatic rings. The Labute approximate surface area is 128 Å². The molecule has 0 spiro atoms. The first-order valence-corrected chi connectivity index (χ1v) is 7.09. The number of halogens is 6. The second-order valence-corrected chi connectivity index (χ2v) is 7.76. The summed E-state index contributed by atoms with van der Waals surface area (Å²) < 4.78 is 3.56. The van der Waals surface area contributed by atoms with Gasteiger partial charge in [0.2, 0.25) is 0 Å². The van der Waals surface area contributed by atoms with Crippen LogP contribution in [0.25, 0.3) is 0 Å². The fourth-order valence-corrected chi connectivity index (χ4v) is 6.10. The van der Waals surface area contributed by atoms with Gasteiger partial charge >= 0.3 is 0 Å². The molecule has 8 heteroatoms. The molecule has 3 rings (SSSR count). The first-order valence-electron chi connectivity index (χ1n) is 4.82. The van der Waals surface area contributed by atoms with Crippen molar-refractivity contribution in [1.82, 2.24) is 0 Å². The lowest BCUT2D eigenvalue weighted by atomic mass is 9.84. The van der Waals surface area contributed by atoms with Gasteiger partial charge in [0.15, 0.2) is 10.6 Å². The lowest BCUT2D eigenvalue weighted by Gasteiger charge is -2.34. The van der Waals surface area contributed by atoms with Crippen LogP contribution in [-0.4, -0.2) is 32.1 Å². The van der Waals surface area contributed by atoms with E-state index >= 15 is 0 Å². The van der Waals surface area contributed by atoms with E-state index in [9.17, 15) is 5.11 Å². The largest absolute Gasteiger partial charge is 0.368 e. The van der Waals surface area contributed by atoms with E-state index < -0.39 is 26.3 Å². The lowest BCUT2D eigenvalue weighted by Crippen LogP contribution is -2.47. The number of fused-ring (bicyclic) bond motifs is 5. The van der Waals surface area contributed by atoms with Crippen LogP contribution in [0.15, 0.2) is 10.1 Å². The Hall–Kier alpha value is 1.40. The lowest BCUT2D eigenvalue weighted by molar-refractivity contribution is -0.0867. The van der Waals surface area contributed by atoms with E-state index in [4.69, 9.17) is 74.3 Å². The molecule has 1 N–H and O–H groups in total. The van der Waals surface area contributed by atoms with E-state index in [1.54, 1.807) is 0 Å². The molecule has 0 aromatic heterocycles. The Bertz CT molecular complexity index is 437. The fraction of sp³-hybridized carbons (Fsp3) is 0.778. The van der Waals surface area contributed by atoms with Crippen molar-refractivity contribution in [3.63, 3.8) is 0 Å². The van der Waals surface area contributed by atoms with Crippen LogP contribution in [0.1, 0.15) is 0 Å². The van der Waals surface area contributed by atoms with Gasteiger partial charge in [-0.15, -0.1) is 23.2 Å². The van der Waals surface area contributed by atoms with Crippen LogP contribution in [0.5, 0.6) is 0 Å². The number of hydrogen-bond donors (Lipinski definition) is 1. The average molecular weight is 359 g/mol. The molecule has 1 aliphatic heterocycles. The molecule has 2 bridgehead atoms. The summed E-state index contributed by atoms with van der Waals surface area (Å²) >= 11 is 37.7. The molecule has 0 amide bonds. The zero-order valence-electron chi connectivity index (χ0n) is 8.06. The van der Waals surface area contributed by atoms with Gasteiger partial charge in [-0.25, -0.2) is 0 Å². The van der Waals surface area contributed by atoms with Gasteiger partial charge in [0.25, 0.3) is 0 Å². The topological polar surface area (TPSA) is 29.5 Å². The quantitative estimate of drug-likeness (QED) is 0.672. The summed E-state index contributed by atoms with van der Waals surface area (Å²) in [6.07, 6.45) is -1.10. The minimum atomic E-state index is -1.59. The molecule has 2 fully saturated rings. The van der Waals surface area contributed by atoms with Gasteiger partial charge in [-0.1, -0.05) is 46.4 Å². The molecule has 1 saturated carbocycles. The molecule has 1 saturated heterocycles. The smallest absolute Gasteiger partial charge is 0.167 e. The second kappa shape index (κ2) is 3.53. The number of rotatable bonds is 0. The van der Waals surface area contributed by atoms with Gasteiger partial charge in [-0.05, 0) is 0 Å². The van der Waals surface area contributed by atoms with Gasteiger partial charge in [0, 0.05) is 11.8 Å². The average Bonchev–Trinajstić information content (AvgIpc) is 2.73. The predicted octanol–water partition coefficient (Wildman–Crippen LogP) is 3.41. The molecular weight excluding hydrogens is 353 g/mol. The highest BCUT2D eigenvalue weighted by atomic mass is 35.5. The number of hydrogen-bond acceptors (Lipinski definition) is 2. The summed E-state index contributed by atoms with van der Waals surface area (Å²) in [6.45, 7) is 0.186. The van der Waals surface area contributed by atoms with Crippen LogP contribution < -0.4 is 0 Å². The minimum Gasteiger partial charge on any atom is -0.368 e. The highest BCUT2D eigenvalue weighted by Gasteiger charge is 2.84. The zero-order chi connectivity index (χ0) is 12.8. The van der Waals surface area contributed by atoms with Crippen LogP contribution in [-0.2, 0) is 4.74 Å². The highest BCUT2D eigenvalue weighted by Crippen LogP contribution is 2.77. The molecule has 2 nitrogen and oxygen atoms in total. The van der Waals surface area contributed by atoms with E-state index in [-0.39, 0.29) is 22.6 Å². The Morgan fingerprint density at radius 1 is 1.06 bits per heavy atom. The van der Waals surface area contributed by atoms with Crippen LogP contribution in [0, 0.1) is 11.8 Å². The Balaban J connectivity index is 2.29. The van der Waals surface area contributed by atoms with Gasteiger partial charge in [-0.2, -0.15) is 0 Å². The van der Waals surface area contributed by atoms with Crippen molar-refractivity contribution >= 4 is 69.6 Å². The maximum absolute atomic E-state index is 9.83. The first kappa shape index (κ1) is 13.4. The molecule has 2 aliphatic carbocycles. The van der Waals surface area contributed by atoms with E-state index in [0.717, 1.165) is 0 Å². The Morgan fingerprint density at radius 3 is 2.18 bits per heavy atom. The second-order valence-electron chi connectivity index (χ2n) is 4.48. The molecular formula is C9H6Cl6O2. The number of aliphatic hydroxyl groups excluding tert-OH is 1. The number of allylic oxidation sites excluding steroid dienone is 2. The summed E-state index contributed by atoms with van der Waals surface area (Å²) in [5.74, 6) is -0.951. The molecule has 5 atom stereocenters. The van der Waals surface area contributed by atoms with Crippen molar-refractivity contribution in [3.05, 3.63) is 10.1 Å². The van der Waals surface area contributed by atoms with E-state index in [1.165, 1.54) is 0 Å². The zero-order valence-corrected chi connectivity index (χ0v) is 12.6. The highest BCUT2D eigenvalue weighted by molar-refractivity contribution is 6.65. The maximum Gasteiger partial charge on any atom is 0.167 e. The van der Waals surface area contributed by atoms with Crippen molar-refractivity contribution in [2.45, 2.75) is 20.4 Å². The summed E-state index contributed by atoms with van der Waals surface area (Å²) in [6, 6.07) is 0. The van der Waals surface area contributed by atoms with Gasteiger partial charge in [0.1, 0.15) is 9.75 Å². The fourth-order valence-electron chi connectivity index (χ4n) is 3.06. The Morgan fingerprint density at radius 2 is 1.59 bits per heavy atom. The molecule has 96 valence electrons. The predicted molar refractivity (Wildman–Crippen MR) is 69.3 cm³/mol. The third kappa shape index (κ3) is 1.13. The van der Waals surface area contributed by atoms with E-state index in [0.29, 0.717) is 0 Å². The first-order chi connectivity index (χ1) is 7.70. The number of alkyl halides is 4. The summed E-state index contributed by atoms with van der Waals surface area (Å²) in [5, 5.41) is 10.1. The molecule has 0 aromatic carbocycles. The number of aliphatic hydroxyl groups is 1. The van der Waals surface area contributed by atoms with Crippen molar-refractivity contribution < 1.29 is 9.84 Å². The van der Waals surface area contributed by atoms with E-state index in [2.05, 4.69) is 0 Å². The SMILES string of the molecule is OC1OCC2C1[C@@]1(Cl)C(Cl)=C(Cl)[C@]2(Cl)C1(Cl)Cl. The van der Waals surface area contributed by atoms with Crippen LogP contribution in [0.2, 0.25) is 0 Å². The van der Waals surface area contributed by atoms with E-state index in [1.807, 2.05) is 0 Å². The minimum absolute atomic E-state index is 0.0895. The standard InChI is InChI=1S/C9H6Cl6O2/c10-4-5(11)8(13)3-2(1-17-6(3)16)7(4,12)9(8,14)15/h2-3,6,16H,1H2/t2?,3?,6?,7-,8+/m0/s1. The third-order valence-electron chi connectivity index (χ3n) is 3.90. The van der Waals surface area contributed by atoms with Crippen LogP contribution >= 0.6 is 69.6 Å². The molecule has 3 unspecified atom stereocenters. The van der Waals surface area contributed by atoms with Crippen LogP contribution in [0.3, 0.4) is 0 Å². The van der Waals surface area contributed by atoms with Crippen molar-refractivity contribution in [3.8, 4) is 0 Å². The molecule has 17 heavy (non-hydrogen) atoms. The van der Waals surface area contributed by atoms with Gasteiger partial charge < -0.3 is 9.84 Å². The van der Waals surface area contributed by atoms with Crippen molar-refractivity contribution in [2.75, 3.05) is 6.61 Å². The third-order valence-corrected chi connectivity index (χ3v) is 8.22. The summed E-state index contributed by atoms with van der Waals surface area (Å²) in [4.78, 5) is -2.74. The van der Waals surface area contributed by atoms with Gasteiger partial charge in [0.05, 0.1) is 16.7 Å². The molecule has 0 aromatic rings. The monoisotopic (exact) mass is 356 g/mol. The molecule has 1 heterocycles.